The van der Waals surface area contributed by atoms with E-state index in [-0.39, 0.29) is 29.6 Å². The van der Waals surface area contributed by atoms with Crippen molar-refractivity contribution in [1.29, 1.82) is 0 Å². The van der Waals surface area contributed by atoms with Crippen molar-refractivity contribution in [3.63, 3.8) is 0 Å². The van der Waals surface area contributed by atoms with Gasteiger partial charge in [0.1, 0.15) is 0 Å². The van der Waals surface area contributed by atoms with Gasteiger partial charge in [0.05, 0.1) is 0 Å². The standard InChI is InChI=1S/C17H14O2S.Na/c18-17(19)16(11-13-7-4-10-20-13)15-9-3-6-12-5-1-2-8-14(12)15;/h1-10,16H,11H2,(H,18,19);/q;+1/p-1. The smallest absolute Gasteiger partial charge is 0.549 e. The molecule has 0 aliphatic carbocycles. The second-order valence-corrected chi connectivity index (χ2v) is 5.76. The number of carboxylic acids is 1. The van der Waals surface area contributed by atoms with Gasteiger partial charge in [-0.25, -0.2) is 0 Å². The van der Waals surface area contributed by atoms with Crippen molar-refractivity contribution < 1.29 is 39.5 Å². The molecule has 2 nitrogen and oxygen atoms in total. The van der Waals surface area contributed by atoms with Gasteiger partial charge in [-0.1, -0.05) is 48.5 Å². The minimum absolute atomic E-state index is 0. The second kappa shape index (κ2) is 7.23. The van der Waals surface area contributed by atoms with Crippen molar-refractivity contribution in [3.8, 4) is 0 Å². The van der Waals surface area contributed by atoms with Gasteiger partial charge in [-0.3, -0.25) is 0 Å². The van der Waals surface area contributed by atoms with E-state index < -0.39 is 11.9 Å². The third kappa shape index (κ3) is 3.55. The number of rotatable bonds is 4. The van der Waals surface area contributed by atoms with E-state index in [2.05, 4.69) is 0 Å². The molecule has 1 aromatic heterocycles. The van der Waals surface area contributed by atoms with Crippen LogP contribution in [-0.2, 0) is 11.2 Å². The number of thiophene rings is 1. The Morgan fingerprint density at radius 1 is 1.05 bits per heavy atom. The van der Waals surface area contributed by atoms with Gasteiger partial charge >= 0.3 is 29.6 Å². The first-order valence-electron chi connectivity index (χ1n) is 6.46. The maximum Gasteiger partial charge on any atom is 1.00 e. The summed E-state index contributed by atoms with van der Waals surface area (Å²) in [5.74, 6) is -1.63. The summed E-state index contributed by atoms with van der Waals surface area (Å²) in [6.07, 6.45) is 0.480. The Bertz CT molecular complexity index is 732. The molecule has 0 fully saturated rings. The van der Waals surface area contributed by atoms with Crippen LogP contribution in [0, 0.1) is 0 Å². The molecule has 2 aromatic carbocycles. The zero-order chi connectivity index (χ0) is 13.9. The maximum absolute atomic E-state index is 11.6. The predicted molar refractivity (Wildman–Crippen MR) is 79.7 cm³/mol. The summed E-state index contributed by atoms with van der Waals surface area (Å²) in [6.45, 7) is 0. The van der Waals surface area contributed by atoms with Crippen molar-refractivity contribution >= 4 is 28.1 Å². The molecule has 0 spiro atoms. The van der Waals surface area contributed by atoms with Crippen molar-refractivity contribution in [2.45, 2.75) is 12.3 Å². The van der Waals surface area contributed by atoms with Crippen LogP contribution in [0.3, 0.4) is 0 Å². The van der Waals surface area contributed by atoms with E-state index >= 15 is 0 Å². The van der Waals surface area contributed by atoms with Crippen LogP contribution in [0.2, 0.25) is 0 Å². The zero-order valence-electron chi connectivity index (χ0n) is 11.8. The molecular formula is C17H13NaO2S. The van der Waals surface area contributed by atoms with Gasteiger partial charge in [0, 0.05) is 16.8 Å². The third-order valence-corrected chi connectivity index (χ3v) is 4.37. The number of fused-ring (bicyclic) bond motifs is 1. The molecule has 3 rings (SSSR count). The van der Waals surface area contributed by atoms with E-state index in [0.29, 0.717) is 6.42 Å². The van der Waals surface area contributed by atoms with Crippen LogP contribution in [0.1, 0.15) is 16.4 Å². The van der Waals surface area contributed by atoms with Gasteiger partial charge in [0.25, 0.3) is 0 Å². The fourth-order valence-corrected chi connectivity index (χ4v) is 3.26. The van der Waals surface area contributed by atoms with Crippen LogP contribution in [0.15, 0.2) is 60.0 Å². The molecule has 3 aromatic rings. The minimum Gasteiger partial charge on any atom is -0.549 e. The van der Waals surface area contributed by atoms with E-state index in [1.54, 1.807) is 11.3 Å². The number of carbonyl (C=O) groups is 1. The Hall–Kier alpha value is -1.13. The topological polar surface area (TPSA) is 40.1 Å². The van der Waals surface area contributed by atoms with Crippen LogP contribution < -0.4 is 34.7 Å². The normalized spacial score (nSPS) is 11.8. The van der Waals surface area contributed by atoms with Gasteiger partial charge in [-0.2, -0.15) is 0 Å². The summed E-state index contributed by atoms with van der Waals surface area (Å²) >= 11 is 1.58. The molecule has 0 radical (unpaired) electrons. The Kier molecular flexibility index (Phi) is 5.59. The molecule has 0 bridgehead atoms. The van der Waals surface area contributed by atoms with Gasteiger partial charge in [0.2, 0.25) is 0 Å². The summed E-state index contributed by atoms with van der Waals surface area (Å²) < 4.78 is 0. The largest absolute Gasteiger partial charge is 1.00 e. The second-order valence-electron chi connectivity index (χ2n) is 4.72. The van der Waals surface area contributed by atoms with Crippen molar-refractivity contribution in [1.82, 2.24) is 0 Å². The minimum atomic E-state index is -1.02. The Morgan fingerprint density at radius 3 is 2.52 bits per heavy atom. The molecule has 100 valence electrons. The van der Waals surface area contributed by atoms with Gasteiger partial charge in [0.15, 0.2) is 0 Å². The monoisotopic (exact) mass is 304 g/mol. The van der Waals surface area contributed by atoms with Crippen LogP contribution in [-0.4, -0.2) is 5.97 Å². The SMILES string of the molecule is O=C([O-])C(Cc1cccs1)c1cccc2ccccc12.[Na+]. The molecule has 0 aliphatic rings. The first-order valence-corrected chi connectivity index (χ1v) is 7.34. The maximum atomic E-state index is 11.6. The van der Waals surface area contributed by atoms with E-state index in [1.165, 1.54) is 0 Å². The number of aliphatic carboxylic acids is 1. The van der Waals surface area contributed by atoms with E-state index in [0.717, 1.165) is 21.2 Å². The molecule has 0 amide bonds. The summed E-state index contributed by atoms with van der Waals surface area (Å²) in [7, 11) is 0. The molecule has 1 atom stereocenters. The van der Waals surface area contributed by atoms with Crippen molar-refractivity contribution in [3.05, 3.63) is 70.4 Å². The first-order chi connectivity index (χ1) is 9.75. The van der Waals surface area contributed by atoms with Crippen LogP contribution in [0.5, 0.6) is 0 Å². The fourth-order valence-electron chi connectivity index (χ4n) is 2.50. The van der Waals surface area contributed by atoms with E-state index in [9.17, 15) is 9.90 Å². The summed E-state index contributed by atoms with van der Waals surface area (Å²) in [5, 5.41) is 15.6. The van der Waals surface area contributed by atoms with Crippen molar-refractivity contribution in [2.24, 2.45) is 0 Å². The van der Waals surface area contributed by atoms with Crippen molar-refractivity contribution in [2.75, 3.05) is 0 Å². The molecule has 0 saturated heterocycles. The number of hydrogen-bond acceptors (Lipinski definition) is 3. The summed E-state index contributed by atoms with van der Waals surface area (Å²) in [5.41, 5.74) is 0.830. The molecule has 0 N–H and O–H groups in total. The van der Waals surface area contributed by atoms with Gasteiger partial charge in [-0.05, 0) is 34.2 Å². The van der Waals surface area contributed by atoms with Crippen LogP contribution >= 0.6 is 11.3 Å². The third-order valence-electron chi connectivity index (χ3n) is 3.47. The Morgan fingerprint density at radius 2 is 1.81 bits per heavy atom. The molecular weight excluding hydrogens is 291 g/mol. The molecule has 0 aliphatic heterocycles. The summed E-state index contributed by atoms with van der Waals surface area (Å²) in [6, 6.07) is 17.5. The number of carbonyl (C=O) groups excluding carboxylic acids is 1. The zero-order valence-corrected chi connectivity index (χ0v) is 14.6. The number of carboxylic acid groups (broad SMARTS) is 1. The Labute approximate surface area is 149 Å². The molecule has 4 heteroatoms. The molecule has 21 heavy (non-hydrogen) atoms. The fraction of sp³-hybridized carbons (Fsp3) is 0.118. The quantitative estimate of drug-likeness (QED) is 0.636. The summed E-state index contributed by atoms with van der Waals surface area (Å²) in [4.78, 5) is 12.6. The van der Waals surface area contributed by atoms with E-state index in [4.69, 9.17) is 0 Å². The molecule has 0 saturated carbocycles. The average Bonchev–Trinajstić information content (AvgIpc) is 2.97. The van der Waals surface area contributed by atoms with Gasteiger partial charge in [-0.15, -0.1) is 11.3 Å². The number of hydrogen-bond donors (Lipinski definition) is 0. The van der Waals surface area contributed by atoms with Crippen LogP contribution in [0.4, 0.5) is 0 Å². The predicted octanol–water partition coefficient (Wildman–Crippen LogP) is -0.0185. The van der Waals surface area contributed by atoms with E-state index in [1.807, 2.05) is 60.0 Å². The van der Waals surface area contributed by atoms with Crippen LogP contribution in [0.25, 0.3) is 10.8 Å². The Balaban J connectivity index is 0.00000161. The average molecular weight is 304 g/mol. The van der Waals surface area contributed by atoms with Gasteiger partial charge < -0.3 is 9.90 Å². The molecule has 1 heterocycles. The first kappa shape index (κ1) is 16.2. The molecule has 1 unspecified atom stereocenters. The number of benzene rings is 2.